The van der Waals surface area contributed by atoms with Crippen LogP contribution < -0.4 is 5.73 Å². The lowest BCUT2D eigenvalue weighted by Crippen LogP contribution is -2.31. The summed E-state index contributed by atoms with van der Waals surface area (Å²) in [5.41, 5.74) is 5.47. The van der Waals surface area contributed by atoms with E-state index in [0.29, 0.717) is 6.42 Å². The molecule has 0 rings (SSSR count). The second-order valence-electron chi connectivity index (χ2n) is 6.14. The van der Waals surface area contributed by atoms with Gasteiger partial charge in [0, 0.05) is 12.0 Å². The molecule has 0 saturated carbocycles. The highest BCUT2D eigenvalue weighted by molar-refractivity contribution is 5.69. The topological polar surface area (TPSA) is 52.3 Å². The van der Waals surface area contributed by atoms with Crippen molar-refractivity contribution in [2.24, 2.45) is 5.73 Å². The van der Waals surface area contributed by atoms with Gasteiger partial charge in [-0.25, -0.2) is 0 Å². The Morgan fingerprint density at radius 2 is 1.71 bits per heavy atom. The fourth-order valence-corrected chi connectivity index (χ4v) is 1.46. The third-order valence-electron chi connectivity index (χ3n) is 2.94. The monoisotopic (exact) mass is 243 g/mol. The van der Waals surface area contributed by atoms with Crippen molar-refractivity contribution in [2.75, 3.05) is 0 Å². The predicted molar refractivity (Wildman–Crippen MR) is 71.8 cm³/mol. The molecule has 0 amide bonds. The Hall–Kier alpha value is -0.570. The summed E-state index contributed by atoms with van der Waals surface area (Å²) in [6, 6.07) is 0. The van der Waals surface area contributed by atoms with Crippen molar-refractivity contribution in [1.29, 1.82) is 0 Å². The molecule has 0 aliphatic carbocycles. The van der Waals surface area contributed by atoms with Gasteiger partial charge in [0.2, 0.25) is 0 Å². The summed E-state index contributed by atoms with van der Waals surface area (Å²) >= 11 is 0. The molecule has 3 nitrogen and oxygen atoms in total. The van der Waals surface area contributed by atoms with E-state index in [1.807, 2.05) is 34.6 Å². The zero-order valence-electron chi connectivity index (χ0n) is 12.1. The molecule has 0 heterocycles. The average Bonchev–Trinajstić information content (AvgIpc) is 2.14. The van der Waals surface area contributed by atoms with Crippen molar-refractivity contribution in [3.63, 3.8) is 0 Å². The fraction of sp³-hybridized carbons (Fsp3) is 0.929. The van der Waals surface area contributed by atoms with Gasteiger partial charge in [0.25, 0.3) is 0 Å². The Bertz CT molecular complexity index is 229. The number of hydrogen-bond acceptors (Lipinski definition) is 3. The van der Waals surface area contributed by atoms with Gasteiger partial charge in [0.05, 0.1) is 0 Å². The van der Waals surface area contributed by atoms with Crippen molar-refractivity contribution in [2.45, 2.75) is 84.3 Å². The molecule has 0 aromatic heterocycles. The smallest absolute Gasteiger partial charge is 0.306 e. The fourth-order valence-electron chi connectivity index (χ4n) is 1.46. The highest BCUT2D eigenvalue weighted by Gasteiger charge is 2.19. The lowest BCUT2D eigenvalue weighted by Gasteiger charge is -2.23. The molecule has 0 aromatic rings. The van der Waals surface area contributed by atoms with Crippen molar-refractivity contribution >= 4 is 5.97 Å². The van der Waals surface area contributed by atoms with Gasteiger partial charge in [0.15, 0.2) is 0 Å². The van der Waals surface area contributed by atoms with Crippen LogP contribution in [-0.2, 0) is 9.53 Å². The first-order valence-corrected chi connectivity index (χ1v) is 6.67. The maximum Gasteiger partial charge on any atom is 0.306 e. The molecule has 0 radical (unpaired) electrons. The van der Waals surface area contributed by atoms with Crippen LogP contribution >= 0.6 is 0 Å². The molecule has 0 atom stereocenters. The number of carbonyl (C=O) groups is 1. The second-order valence-corrected chi connectivity index (χ2v) is 6.14. The minimum absolute atomic E-state index is 0.0798. The average molecular weight is 243 g/mol. The number of rotatable bonds is 8. The van der Waals surface area contributed by atoms with E-state index >= 15 is 0 Å². The van der Waals surface area contributed by atoms with E-state index in [1.54, 1.807) is 0 Å². The molecule has 0 aromatic carbocycles. The van der Waals surface area contributed by atoms with Gasteiger partial charge in [-0.05, 0) is 47.0 Å². The molecule has 0 fully saturated rings. The van der Waals surface area contributed by atoms with E-state index in [4.69, 9.17) is 10.5 Å². The molecular formula is C14H29NO2. The van der Waals surface area contributed by atoms with Gasteiger partial charge < -0.3 is 10.5 Å². The van der Waals surface area contributed by atoms with Gasteiger partial charge in [-0.1, -0.05) is 19.8 Å². The highest BCUT2D eigenvalue weighted by Crippen LogP contribution is 2.16. The molecule has 0 aliphatic rings. The molecule has 3 heteroatoms. The summed E-state index contributed by atoms with van der Waals surface area (Å²) in [5, 5.41) is 0. The largest absolute Gasteiger partial charge is 0.460 e. The van der Waals surface area contributed by atoms with E-state index in [0.717, 1.165) is 32.1 Å². The van der Waals surface area contributed by atoms with Crippen LogP contribution in [0, 0.1) is 0 Å². The van der Waals surface area contributed by atoms with Gasteiger partial charge in [-0.15, -0.1) is 0 Å². The number of esters is 1. The number of nitrogens with two attached hydrogens (primary N) is 1. The zero-order valence-corrected chi connectivity index (χ0v) is 12.1. The normalized spacial score (nSPS) is 12.6. The van der Waals surface area contributed by atoms with Crippen LogP contribution in [-0.4, -0.2) is 17.1 Å². The molecule has 0 aliphatic heterocycles. The van der Waals surface area contributed by atoms with Crippen molar-refractivity contribution in [3.8, 4) is 0 Å². The molecular weight excluding hydrogens is 214 g/mol. The Kier molecular flexibility index (Phi) is 6.76. The van der Waals surface area contributed by atoms with Crippen LogP contribution in [0.5, 0.6) is 0 Å². The van der Waals surface area contributed by atoms with E-state index in [-0.39, 0.29) is 17.1 Å². The Morgan fingerprint density at radius 3 is 2.18 bits per heavy atom. The van der Waals surface area contributed by atoms with Crippen LogP contribution in [0.25, 0.3) is 0 Å². The van der Waals surface area contributed by atoms with Crippen molar-refractivity contribution in [1.82, 2.24) is 0 Å². The van der Waals surface area contributed by atoms with E-state index in [1.165, 1.54) is 0 Å². The van der Waals surface area contributed by atoms with Gasteiger partial charge >= 0.3 is 5.97 Å². The van der Waals surface area contributed by atoms with Crippen LogP contribution in [0.15, 0.2) is 0 Å². The number of ether oxygens (including phenoxy) is 1. The summed E-state index contributed by atoms with van der Waals surface area (Å²) in [6.07, 6.45) is 5.39. The van der Waals surface area contributed by atoms with Crippen LogP contribution in [0.4, 0.5) is 0 Å². The van der Waals surface area contributed by atoms with Gasteiger partial charge in [0.1, 0.15) is 5.60 Å². The van der Waals surface area contributed by atoms with E-state index in [2.05, 4.69) is 0 Å². The van der Waals surface area contributed by atoms with Crippen molar-refractivity contribution < 1.29 is 9.53 Å². The predicted octanol–water partition coefficient (Wildman–Crippen LogP) is 3.41. The van der Waals surface area contributed by atoms with Crippen LogP contribution in [0.3, 0.4) is 0 Å². The van der Waals surface area contributed by atoms with Gasteiger partial charge in [-0.2, -0.15) is 0 Å². The van der Waals surface area contributed by atoms with Crippen molar-refractivity contribution in [3.05, 3.63) is 0 Å². The summed E-state index contributed by atoms with van der Waals surface area (Å²) in [6.45, 7) is 9.98. The quantitative estimate of drug-likeness (QED) is 0.525. The lowest BCUT2D eigenvalue weighted by atomic mass is 9.98. The first kappa shape index (κ1) is 16.4. The molecule has 0 saturated heterocycles. The van der Waals surface area contributed by atoms with Crippen LogP contribution in [0.1, 0.15) is 73.1 Å². The first-order valence-electron chi connectivity index (χ1n) is 6.67. The number of unbranched alkanes of at least 4 members (excludes halogenated alkanes) is 2. The third kappa shape index (κ3) is 10.3. The Morgan fingerprint density at radius 1 is 1.12 bits per heavy atom. The summed E-state index contributed by atoms with van der Waals surface area (Å²) < 4.78 is 5.37. The summed E-state index contributed by atoms with van der Waals surface area (Å²) in [4.78, 5) is 11.5. The minimum atomic E-state index is -0.323. The molecule has 0 unspecified atom stereocenters. The maximum atomic E-state index is 11.5. The summed E-state index contributed by atoms with van der Waals surface area (Å²) in [7, 11) is 0. The maximum absolute atomic E-state index is 11.5. The van der Waals surface area contributed by atoms with E-state index in [9.17, 15) is 4.79 Å². The minimum Gasteiger partial charge on any atom is -0.460 e. The Labute approximate surface area is 106 Å². The molecule has 2 N–H and O–H groups in total. The second kappa shape index (κ2) is 7.00. The van der Waals surface area contributed by atoms with Crippen LogP contribution in [0.2, 0.25) is 0 Å². The highest BCUT2D eigenvalue weighted by atomic mass is 16.6. The number of carbonyl (C=O) groups excluding carboxylic acids is 1. The zero-order chi connectivity index (χ0) is 13.5. The third-order valence-corrected chi connectivity index (χ3v) is 2.94. The molecule has 102 valence electrons. The standard InChI is InChI=1S/C14H29NO2/c1-6-14(4,5)17-12(16)10-8-7-9-11-13(2,3)15/h6-11,15H2,1-5H3. The number of hydrogen-bond donors (Lipinski definition) is 1. The summed E-state index contributed by atoms with van der Waals surface area (Å²) in [5.74, 6) is -0.0798. The first-order chi connectivity index (χ1) is 7.66. The molecule has 17 heavy (non-hydrogen) atoms. The Balaban J connectivity index is 3.59. The SMILES string of the molecule is CCC(C)(C)OC(=O)CCCCCC(C)(C)N. The van der Waals surface area contributed by atoms with Gasteiger partial charge in [-0.3, -0.25) is 4.79 Å². The molecule has 0 bridgehead atoms. The van der Waals surface area contributed by atoms with E-state index < -0.39 is 0 Å². The lowest BCUT2D eigenvalue weighted by molar-refractivity contribution is -0.156. The molecule has 0 spiro atoms.